The van der Waals surface area contributed by atoms with Gasteiger partial charge in [-0.1, -0.05) is 24.3 Å². The molecule has 0 aliphatic heterocycles. The lowest BCUT2D eigenvalue weighted by atomic mass is 10.3. The molecule has 130 valence electrons. The van der Waals surface area contributed by atoms with Crippen molar-refractivity contribution in [3.63, 3.8) is 0 Å². The molecule has 0 atom stereocenters. The molecule has 0 saturated heterocycles. The number of imidazole rings is 1. The Kier molecular flexibility index (Phi) is 4.23. The number of carbonyl (C=O) groups is 1. The molecule has 6 heteroatoms. The number of aromatic nitrogens is 4. The van der Waals surface area contributed by atoms with E-state index in [2.05, 4.69) is 15.4 Å². The molecule has 0 aliphatic rings. The number of fused-ring (bicyclic) bond motifs is 1. The van der Waals surface area contributed by atoms with E-state index in [-0.39, 0.29) is 12.3 Å². The van der Waals surface area contributed by atoms with Crippen LogP contribution in [-0.4, -0.2) is 25.1 Å². The Balaban J connectivity index is 1.38. The van der Waals surface area contributed by atoms with Crippen LogP contribution in [0.25, 0.3) is 11.3 Å². The number of hydrogen-bond acceptors (Lipinski definition) is 3. The number of para-hydroxylation sites is 1. The monoisotopic (exact) mass is 345 g/mol. The second kappa shape index (κ2) is 6.84. The van der Waals surface area contributed by atoms with Crippen molar-refractivity contribution in [1.29, 1.82) is 0 Å². The van der Waals surface area contributed by atoms with E-state index in [1.165, 1.54) is 0 Å². The van der Waals surface area contributed by atoms with Crippen LogP contribution in [0.1, 0.15) is 16.8 Å². The van der Waals surface area contributed by atoms with Crippen LogP contribution in [0, 0.1) is 6.92 Å². The number of nitrogens with zero attached hydrogens (tertiary/aromatic N) is 4. The quantitative estimate of drug-likeness (QED) is 0.605. The molecular weight excluding hydrogens is 326 g/mol. The second-order valence-corrected chi connectivity index (χ2v) is 6.24. The Morgan fingerprint density at radius 1 is 1.12 bits per heavy atom. The molecule has 0 bridgehead atoms. The van der Waals surface area contributed by atoms with E-state index in [1.807, 2.05) is 72.4 Å². The Bertz CT molecular complexity index is 1050. The maximum absolute atomic E-state index is 12.2. The molecule has 4 aromatic rings. The van der Waals surface area contributed by atoms with Crippen molar-refractivity contribution in [2.24, 2.45) is 0 Å². The van der Waals surface area contributed by atoms with Crippen LogP contribution < -0.4 is 5.32 Å². The van der Waals surface area contributed by atoms with Gasteiger partial charge in [0, 0.05) is 30.7 Å². The van der Waals surface area contributed by atoms with Crippen molar-refractivity contribution in [1.82, 2.24) is 24.5 Å². The average Bonchev–Trinajstić information content (AvgIpc) is 3.28. The lowest BCUT2D eigenvalue weighted by molar-refractivity contribution is -0.120. The van der Waals surface area contributed by atoms with Crippen molar-refractivity contribution in [3.8, 4) is 5.69 Å². The van der Waals surface area contributed by atoms with Gasteiger partial charge in [0.2, 0.25) is 5.91 Å². The Labute approximate surface area is 151 Å². The van der Waals surface area contributed by atoms with Crippen LogP contribution >= 0.6 is 0 Å². The molecule has 6 nitrogen and oxygen atoms in total. The molecule has 1 aromatic carbocycles. The standard InChI is InChI=1S/C20H19N5O/c1-15-6-5-9-24-14-17(23-20(15)24)10-19(26)21-11-16-12-22-25(13-16)18-7-3-2-4-8-18/h2-9,12-14H,10-11H2,1H3,(H,21,26). The minimum Gasteiger partial charge on any atom is -0.352 e. The minimum atomic E-state index is -0.0569. The summed E-state index contributed by atoms with van der Waals surface area (Å²) in [7, 11) is 0. The summed E-state index contributed by atoms with van der Waals surface area (Å²) in [6.07, 6.45) is 7.78. The molecule has 0 aliphatic carbocycles. The zero-order chi connectivity index (χ0) is 17.9. The summed E-state index contributed by atoms with van der Waals surface area (Å²) in [5, 5.41) is 7.27. The summed E-state index contributed by atoms with van der Waals surface area (Å²) < 4.78 is 3.74. The molecule has 26 heavy (non-hydrogen) atoms. The van der Waals surface area contributed by atoms with Gasteiger partial charge in [-0.05, 0) is 30.7 Å². The van der Waals surface area contributed by atoms with Crippen LogP contribution in [0.2, 0.25) is 0 Å². The third kappa shape index (κ3) is 3.35. The normalized spacial score (nSPS) is 11.0. The number of aryl methyl sites for hydroxylation is 1. The molecule has 0 saturated carbocycles. The van der Waals surface area contributed by atoms with E-state index in [0.29, 0.717) is 6.54 Å². The van der Waals surface area contributed by atoms with E-state index in [0.717, 1.165) is 28.2 Å². The number of nitrogens with one attached hydrogen (secondary N) is 1. The van der Waals surface area contributed by atoms with Crippen molar-refractivity contribution in [2.45, 2.75) is 19.9 Å². The Hall–Kier alpha value is -3.41. The molecule has 1 amide bonds. The first-order chi connectivity index (χ1) is 12.7. The highest BCUT2D eigenvalue weighted by Crippen LogP contribution is 2.11. The number of pyridine rings is 1. The summed E-state index contributed by atoms with van der Waals surface area (Å²) in [5.74, 6) is -0.0569. The summed E-state index contributed by atoms with van der Waals surface area (Å²) in [6.45, 7) is 2.45. The number of benzene rings is 1. The summed E-state index contributed by atoms with van der Waals surface area (Å²) in [5.41, 5.74) is 4.68. The minimum absolute atomic E-state index is 0.0569. The van der Waals surface area contributed by atoms with Crippen molar-refractivity contribution < 1.29 is 4.79 Å². The maximum Gasteiger partial charge on any atom is 0.226 e. The Morgan fingerprint density at radius 2 is 1.96 bits per heavy atom. The van der Waals surface area contributed by atoms with Gasteiger partial charge in [-0.25, -0.2) is 9.67 Å². The van der Waals surface area contributed by atoms with Gasteiger partial charge in [-0.2, -0.15) is 5.10 Å². The van der Waals surface area contributed by atoms with Gasteiger partial charge in [-0.3, -0.25) is 4.79 Å². The fourth-order valence-electron chi connectivity index (χ4n) is 2.89. The number of carbonyl (C=O) groups excluding carboxylic acids is 1. The van der Waals surface area contributed by atoms with E-state index in [9.17, 15) is 4.79 Å². The molecule has 3 heterocycles. The number of amides is 1. The third-order valence-electron chi connectivity index (χ3n) is 4.22. The fraction of sp³-hybridized carbons (Fsp3) is 0.150. The topological polar surface area (TPSA) is 64.2 Å². The predicted octanol–water partition coefficient (Wildman–Crippen LogP) is 2.69. The smallest absolute Gasteiger partial charge is 0.226 e. The van der Waals surface area contributed by atoms with Crippen LogP contribution in [-0.2, 0) is 17.8 Å². The largest absolute Gasteiger partial charge is 0.352 e. The first-order valence-electron chi connectivity index (χ1n) is 8.48. The lowest BCUT2D eigenvalue weighted by Crippen LogP contribution is -2.24. The van der Waals surface area contributed by atoms with Crippen molar-refractivity contribution in [3.05, 3.63) is 84.1 Å². The van der Waals surface area contributed by atoms with E-state index in [4.69, 9.17) is 0 Å². The van der Waals surface area contributed by atoms with Gasteiger partial charge >= 0.3 is 0 Å². The molecule has 1 N–H and O–H groups in total. The van der Waals surface area contributed by atoms with Crippen LogP contribution in [0.15, 0.2) is 67.3 Å². The van der Waals surface area contributed by atoms with Gasteiger partial charge in [0.05, 0.1) is 24.0 Å². The van der Waals surface area contributed by atoms with Gasteiger partial charge in [-0.15, -0.1) is 0 Å². The lowest BCUT2D eigenvalue weighted by Gasteiger charge is -2.02. The van der Waals surface area contributed by atoms with Crippen molar-refractivity contribution >= 4 is 11.6 Å². The summed E-state index contributed by atoms with van der Waals surface area (Å²) in [6, 6.07) is 13.9. The first kappa shape index (κ1) is 16.1. The molecule has 0 fully saturated rings. The van der Waals surface area contributed by atoms with Gasteiger partial charge in [0.15, 0.2) is 0 Å². The molecular formula is C20H19N5O. The molecule has 3 aromatic heterocycles. The summed E-state index contributed by atoms with van der Waals surface area (Å²) >= 11 is 0. The number of hydrogen-bond donors (Lipinski definition) is 1. The SMILES string of the molecule is Cc1cccn2cc(CC(=O)NCc3cnn(-c4ccccc4)c3)nc12. The zero-order valence-corrected chi connectivity index (χ0v) is 14.5. The highest BCUT2D eigenvalue weighted by molar-refractivity contribution is 5.78. The van der Waals surface area contributed by atoms with Crippen molar-refractivity contribution in [2.75, 3.05) is 0 Å². The zero-order valence-electron chi connectivity index (χ0n) is 14.5. The van der Waals surface area contributed by atoms with Crippen LogP contribution in [0.5, 0.6) is 0 Å². The van der Waals surface area contributed by atoms with E-state index >= 15 is 0 Å². The van der Waals surface area contributed by atoms with Crippen LogP contribution in [0.4, 0.5) is 0 Å². The molecule has 0 radical (unpaired) electrons. The predicted molar refractivity (Wildman–Crippen MR) is 99.0 cm³/mol. The highest BCUT2D eigenvalue weighted by atomic mass is 16.1. The first-order valence-corrected chi connectivity index (χ1v) is 8.48. The van der Waals surface area contributed by atoms with E-state index < -0.39 is 0 Å². The van der Waals surface area contributed by atoms with Gasteiger partial charge < -0.3 is 9.72 Å². The fourth-order valence-corrected chi connectivity index (χ4v) is 2.89. The molecule has 4 rings (SSSR count). The maximum atomic E-state index is 12.2. The molecule has 0 spiro atoms. The van der Waals surface area contributed by atoms with Gasteiger partial charge in [0.25, 0.3) is 0 Å². The second-order valence-electron chi connectivity index (χ2n) is 6.24. The third-order valence-corrected chi connectivity index (χ3v) is 4.22. The molecule has 0 unspecified atom stereocenters. The Morgan fingerprint density at radius 3 is 2.77 bits per heavy atom. The number of rotatable bonds is 5. The highest BCUT2D eigenvalue weighted by Gasteiger charge is 2.09. The van der Waals surface area contributed by atoms with Crippen LogP contribution in [0.3, 0.4) is 0 Å². The average molecular weight is 345 g/mol. The van der Waals surface area contributed by atoms with E-state index in [1.54, 1.807) is 10.9 Å². The summed E-state index contributed by atoms with van der Waals surface area (Å²) in [4.78, 5) is 16.8. The van der Waals surface area contributed by atoms with Gasteiger partial charge in [0.1, 0.15) is 5.65 Å².